The summed E-state index contributed by atoms with van der Waals surface area (Å²) < 4.78 is 0. The van der Waals surface area contributed by atoms with Crippen LogP contribution >= 0.6 is 0 Å². The van der Waals surface area contributed by atoms with Crippen LogP contribution in [-0.4, -0.2) is 36.5 Å². The Balaban J connectivity index is 2.24. The highest BCUT2D eigenvalue weighted by Crippen LogP contribution is 2.08. The zero-order valence-electron chi connectivity index (χ0n) is 8.96. The number of nitrogens with zero attached hydrogens (tertiary/aromatic N) is 1. The third kappa shape index (κ3) is 3.14. The Labute approximate surface area is 86.2 Å². The van der Waals surface area contributed by atoms with Gasteiger partial charge in [-0.05, 0) is 32.7 Å². The Morgan fingerprint density at radius 3 is 2.79 bits per heavy atom. The van der Waals surface area contributed by atoms with Crippen LogP contribution in [-0.2, 0) is 4.79 Å². The van der Waals surface area contributed by atoms with Gasteiger partial charge in [-0.1, -0.05) is 6.08 Å². The summed E-state index contributed by atoms with van der Waals surface area (Å²) in [5.41, 5.74) is 0. The molecule has 1 unspecified atom stereocenters. The standard InChI is InChI=1S/C11H20N2O/c1-3-4-7-12-10(2)11(14)13-8-5-6-9-13/h3,10,12H,1,4-9H2,2H3. The van der Waals surface area contributed by atoms with Gasteiger partial charge in [0.2, 0.25) is 5.91 Å². The van der Waals surface area contributed by atoms with Crippen molar-refractivity contribution in [1.82, 2.24) is 10.2 Å². The summed E-state index contributed by atoms with van der Waals surface area (Å²) in [4.78, 5) is 13.7. The second-order valence-corrected chi connectivity index (χ2v) is 3.79. The van der Waals surface area contributed by atoms with Crippen LogP contribution in [0.3, 0.4) is 0 Å². The Kier molecular flexibility index (Phi) is 4.66. The summed E-state index contributed by atoms with van der Waals surface area (Å²) >= 11 is 0. The fraction of sp³-hybridized carbons (Fsp3) is 0.727. The van der Waals surface area contributed by atoms with E-state index in [-0.39, 0.29) is 11.9 Å². The zero-order chi connectivity index (χ0) is 10.4. The molecular formula is C11H20N2O. The van der Waals surface area contributed by atoms with Crippen molar-refractivity contribution in [3.63, 3.8) is 0 Å². The van der Waals surface area contributed by atoms with Crippen LogP contribution in [0.1, 0.15) is 26.2 Å². The van der Waals surface area contributed by atoms with Gasteiger partial charge >= 0.3 is 0 Å². The molecule has 1 aliphatic rings. The van der Waals surface area contributed by atoms with E-state index in [9.17, 15) is 4.79 Å². The summed E-state index contributed by atoms with van der Waals surface area (Å²) in [6, 6.07) is -0.0481. The van der Waals surface area contributed by atoms with Crippen LogP contribution in [0.2, 0.25) is 0 Å². The fourth-order valence-electron chi connectivity index (χ4n) is 1.70. The Morgan fingerprint density at radius 2 is 2.21 bits per heavy atom. The monoisotopic (exact) mass is 196 g/mol. The van der Waals surface area contributed by atoms with Gasteiger partial charge in [-0.15, -0.1) is 6.58 Å². The molecule has 0 aromatic rings. The number of likely N-dealkylation sites (tertiary alicyclic amines) is 1. The minimum atomic E-state index is -0.0481. The molecule has 1 N–H and O–H groups in total. The van der Waals surface area contributed by atoms with Crippen molar-refractivity contribution in [1.29, 1.82) is 0 Å². The second kappa shape index (κ2) is 5.81. The molecule has 0 bridgehead atoms. The summed E-state index contributed by atoms with van der Waals surface area (Å²) in [7, 11) is 0. The smallest absolute Gasteiger partial charge is 0.239 e. The zero-order valence-corrected chi connectivity index (χ0v) is 8.96. The van der Waals surface area contributed by atoms with Gasteiger partial charge in [-0.25, -0.2) is 0 Å². The molecule has 3 nitrogen and oxygen atoms in total. The summed E-state index contributed by atoms with van der Waals surface area (Å²) in [6.07, 6.45) is 5.09. The summed E-state index contributed by atoms with van der Waals surface area (Å²) in [5, 5.41) is 3.20. The molecule has 14 heavy (non-hydrogen) atoms. The summed E-state index contributed by atoms with van der Waals surface area (Å²) in [5.74, 6) is 0.242. The molecule has 1 aliphatic heterocycles. The minimum absolute atomic E-state index is 0.0481. The number of nitrogens with one attached hydrogen (secondary N) is 1. The van der Waals surface area contributed by atoms with Crippen LogP contribution in [0, 0.1) is 0 Å². The highest BCUT2D eigenvalue weighted by Gasteiger charge is 2.22. The largest absolute Gasteiger partial charge is 0.341 e. The second-order valence-electron chi connectivity index (χ2n) is 3.79. The van der Waals surface area contributed by atoms with Crippen LogP contribution in [0.5, 0.6) is 0 Å². The SMILES string of the molecule is C=CCCNC(C)C(=O)N1CCCC1. The Morgan fingerprint density at radius 1 is 1.57 bits per heavy atom. The van der Waals surface area contributed by atoms with Gasteiger partial charge in [0.15, 0.2) is 0 Å². The Hall–Kier alpha value is -0.830. The van der Waals surface area contributed by atoms with E-state index in [1.165, 1.54) is 0 Å². The molecule has 0 aromatic carbocycles. The van der Waals surface area contributed by atoms with E-state index in [1.807, 2.05) is 17.9 Å². The van der Waals surface area contributed by atoms with Gasteiger partial charge in [0.1, 0.15) is 0 Å². The van der Waals surface area contributed by atoms with Crippen molar-refractivity contribution in [2.45, 2.75) is 32.2 Å². The van der Waals surface area contributed by atoms with E-state index in [4.69, 9.17) is 0 Å². The molecule has 1 rings (SSSR count). The predicted molar refractivity (Wildman–Crippen MR) is 58.1 cm³/mol. The molecule has 1 heterocycles. The lowest BCUT2D eigenvalue weighted by molar-refractivity contribution is -0.131. The molecule has 1 saturated heterocycles. The lowest BCUT2D eigenvalue weighted by Crippen LogP contribution is -2.43. The van der Waals surface area contributed by atoms with Gasteiger partial charge in [-0.3, -0.25) is 4.79 Å². The van der Waals surface area contributed by atoms with Gasteiger partial charge in [0.25, 0.3) is 0 Å². The maximum absolute atomic E-state index is 11.8. The number of rotatable bonds is 5. The lowest BCUT2D eigenvalue weighted by Gasteiger charge is -2.20. The minimum Gasteiger partial charge on any atom is -0.341 e. The van der Waals surface area contributed by atoms with Crippen molar-refractivity contribution in [3.8, 4) is 0 Å². The molecule has 1 amide bonds. The highest BCUT2D eigenvalue weighted by molar-refractivity contribution is 5.81. The molecule has 0 saturated carbocycles. The number of amides is 1. The van der Waals surface area contributed by atoms with Crippen molar-refractivity contribution in [2.75, 3.05) is 19.6 Å². The molecule has 1 fully saturated rings. The van der Waals surface area contributed by atoms with E-state index in [0.29, 0.717) is 0 Å². The molecule has 1 atom stereocenters. The van der Waals surface area contributed by atoms with Crippen molar-refractivity contribution in [2.24, 2.45) is 0 Å². The first-order valence-corrected chi connectivity index (χ1v) is 5.38. The molecule has 80 valence electrons. The number of carbonyl (C=O) groups excluding carboxylic acids is 1. The molecular weight excluding hydrogens is 176 g/mol. The molecule has 0 radical (unpaired) electrons. The van der Waals surface area contributed by atoms with E-state index >= 15 is 0 Å². The number of hydrogen-bond donors (Lipinski definition) is 1. The Bertz CT molecular complexity index is 197. The molecule has 0 aromatic heterocycles. The van der Waals surface area contributed by atoms with E-state index in [2.05, 4.69) is 11.9 Å². The fourth-order valence-corrected chi connectivity index (χ4v) is 1.70. The molecule has 3 heteroatoms. The summed E-state index contributed by atoms with van der Waals surface area (Å²) in [6.45, 7) is 8.29. The predicted octanol–water partition coefficient (Wildman–Crippen LogP) is 1.16. The van der Waals surface area contributed by atoms with E-state index in [0.717, 1.165) is 38.9 Å². The van der Waals surface area contributed by atoms with Gasteiger partial charge in [0.05, 0.1) is 6.04 Å². The third-order valence-corrected chi connectivity index (χ3v) is 2.59. The van der Waals surface area contributed by atoms with E-state index < -0.39 is 0 Å². The van der Waals surface area contributed by atoms with Crippen LogP contribution in [0.15, 0.2) is 12.7 Å². The number of carbonyl (C=O) groups is 1. The van der Waals surface area contributed by atoms with Gasteiger partial charge < -0.3 is 10.2 Å². The maximum Gasteiger partial charge on any atom is 0.239 e. The first-order valence-electron chi connectivity index (χ1n) is 5.38. The first kappa shape index (κ1) is 11.2. The first-order chi connectivity index (χ1) is 6.75. The van der Waals surface area contributed by atoms with Crippen molar-refractivity contribution in [3.05, 3.63) is 12.7 Å². The highest BCUT2D eigenvalue weighted by atomic mass is 16.2. The van der Waals surface area contributed by atoms with Gasteiger partial charge in [0, 0.05) is 13.1 Å². The normalized spacial score (nSPS) is 18.2. The topological polar surface area (TPSA) is 32.3 Å². The van der Waals surface area contributed by atoms with Crippen LogP contribution in [0.25, 0.3) is 0 Å². The third-order valence-electron chi connectivity index (χ3n) is 2.59. The van der Waals surface area contributed by atoms with Crippen molar-refractivity contribution >= 4 is 5.91 Å². The number of hydrogen-bond acceptors (Lipinski definition) is 2. The molecule has 0 aliphatic carbocycles. The quantitative estimate of drug-likeness (QED) is 0.528. The lowest BCUT2D eigenvalue weighted by atomic mass is 10.3. The van der Waals surface area contributed by atoms with Crippen LogP contribution < -0.4 is 5.32 Å². The van der Waals surface area contributed by atoms with Crippen LogP contribution in [0.4, 0.5) is 0 Å². The van der Waals surface area contributed by atoms with Crippen molar-refractivity contribution < 1.29 is 4.79 Å². The molecule has 0 spiro atoms. The van der Waals surface area contributed by atoms with Gasteiger partial charge in [-0.2, -0.15) is 0 Å². The van der Waals surface area contributed by atoms with E-state index in [1.54, 1.807) is 0 Å². The average Bonchev–Trinajstić information content (AvgIpc) is 2.69. The average molecular weight is 196 g/mol. The maximum atomic E-state index is 11.8.